The summed E-state index contributed by atoms with van der Waals surface area (Å²) in [5.41, 5.74) is 17.4. The number of hydrogen-bond acceptors (Lipinski definition) is 2. The first-order chi connectivity index (χ1) is 25.3. The number of anilines is 3. The average molecular weight is 650 g/mol. The van der Waals surface area contributed by atoms with E-state index in [1.54, 1.807) is 0 Å². The van der Waals surface area contributed by atoms with Crippen LogP contribution in [0.1, 0.15) is 22.3 Å². The van der Waals surface area contributed by atoms with Crippen molar-refractivity contribution >= 4 is 39.0 Å². The minimum atomic E-state index is -0.428. The third-order valence-corrected chi connectivity index (χ3v) is 11.1. The molecule has 0 atom stereocenters. The monoisotopic (exact) mass is 649 g/mol. The Balaban J connectivity index is 1.24. The number of fused-ring (bicyclic) bond motifs is 13. The highest BCUT2D eigenvalue weighted by Gasteiger charge is 2.52. The van der Waals surface area contributed by atoms with Crippen molar-refractivity contribution in [1.82, 2.24) is 0 Å². The summed E-state index contributed by atoms with van der Waals surface area (Å²) < 4.78 is 6.51. The van der Waals surface area contributed by atoms with Crippen LogP contribution in [0.2, 0.25) is 0 Å². The first kappa shape index (κ1) is 28.2. The van der Waals surface area contributed by atoms with Crippen molar-refractivity contribution in [2.45, 2.75) is 5.41 Å². The minimum absolute atomic E-state index is 0.428. The van der Waals surface area contributed by atoms with Crippen molar-refractivity contribution in [2.24, 2.45) is 0 Å². The van der Waals surface area contributed by atoms with Gasteiger partial charge < -0.3 is 9.32 Å². The summed E-state index contributed by atoms with van der Waals surface area (Å²) in [7, 11) is 0. The number of rotatable bonds is 4. The van der Waals surface area contributed by atoms with Gasteiger partial charge in [0.15, 0.2) is 0 Å². The van der Waals surface area contributed by atoms with Crippen LogP contribution >= 0.6 is 0 Å². The Hall–Kier alpha value is -6.64. The second-order valence-corrected chi connectivity index (χ2v) is 13.6. The predicted octanol–water partition coefficient (Wildman–Crippen LogP) is 13.1. The van der Waals surface area contributed by atoms with Crippen LogP contribution in [-0.2, 0) is 5.41 Å². The summed E-state index contributed by atoms with van der Waals surface area (Å²) in [6.07, 6.45) is 0. The Morgan fingerprint density at radius 3 is 1.69 bits per heavy atom. The molecular weight excluding hydrogens is 619 g/mol. The molecule has 0 unspecified atom stereocenters. The van der Waals surface area contributed by atoms with Crippen molar-refractivity contribution in [3.8, 4) is 33.4 Å². The van der Waals surface area contributed by atoms with E-state index in [-0.39, 0.29) is 0 Å². The van der Waals surface area contributed by atoms with Crippen molar-refractivity contribution in [3.05, 3.63) is 210 Å². The van der Waals surface area contributed by atoms with E-state index in [1.807, 2.05) is 6.07 Å². The molecule has 0 amide bonds. The molecule has 1 aromatic heterocycles. The van der Waals surface area contributed by atoms with Crippen LogP contribution in [0.5, 0.6) is 0 Å². The fraction of sp³-hybridized carbons (Fsp3) is 0.0204. The summed E-state index contributed by atoms with van der Waals surface area (Å²) >= 11 is 0. The molecule has 238 valence electrons. The molecule has 0 fully saturated rings. The van der Waals surface area contributed by atoms with Crippen LogP contribution in [0.25, 0.3) is 55.3 Å². The quantitative estimate of drug-likeness (QED) is 0.189. The fourth-order valence-corrected chi connectivity index (χ4v) is 9.10. The molecule has 0 bridgehead atoms. The van der Waals surface area contributed by atoms with Gasteiger partial charge in [-0.3, -0.25) is 0 Å². The number of furan rings is 1. The van der Waals surface area contributed by atoms with Gasteiger partial charge >= 0.3 is 0 Å². The minimum Gasteiger partial charge on any atom is -0.456 e. The topological polar surface area (TPSA) is 16.4 Å². The smallest absolute Gasteiger partial charge is 0.137 e. The molecule has 0 N–H and O–H groups in total. The van der Waals surface area contributed by atoms with Gasteiger partial charge in [0.1, 0.15) is 11.2 Å². The van der Waals surface area contributed by atoms with E-state index in [2.05, 4.69) is 187 Å². The third-order valence-electron chi connectivity index (χ3n) is 11.1. The zero-order chi connectivity index (χ0) is 33.5. The number of benzene rings is 8. The highest BCUT2D eigenvalue weighted by molar-refractivity contribution is 6.07. The molecule has 2 aliphatic carbocycles. The molecule has 2 heteroatoms. The molecule has 51 heavy (non-hydrogen) atoms. The lowest BCUT2D eigenvalue weighted by Crippen LogP contribution is -2.26. The van der Waals surface area contributed by atoms with Gasteiger partial charge in [-0.25, -0.2) is 0 Å². The van der Waals surface area contributed by atoms with Gasteiger partial charge in [0.2, 0.25) is 0 Å². The van der Waals surface area contributed by atoms with Gasteiger partial charge in [-0.05, 0) is 74.8 Å². The van der Waals surface area contributed by atoms with Gasteiger partial charge in [-0.1, -0.05) is 152 Å². The van der Waals surface area contributed by atoms with Gasteiger partial charge in [0, 0.05) is 33.7 Å². The first-order valence-corrected chi connectivity index (χ1v) is 17.6. The van der Waals surface area contributed by atoms with Crippen LogP contribution in [0.3, 0.4) is 0 Å². The maximum Gasteiger partial charge on any atom is 0.137 e. The summed E-state index contributed by atoms with van der Waals surface area (Å²) in [4.78, 5) is 2.45. The van der Waals surface area contributed by atoms with E-state index < -0.39 is 5.41 Å². The Morgan fingerprint density at radius 2 is 0.922 bits per heavy atom. The normalized spacial score (nSPS) is 13.3. The van der Waals surface area contributed by atoms with Crippen LogP contribution in [0.15, 0.2) is 192 Å². The fourth-order valence-electron chi connectivity index (χ4n) is 9.10. The lowest BCUT2D eigenvalue weighted by Gasteiger charge is -2.32. The number of para-hydroxylation sites is 2. The molecule has 0 saturated carbocycles. The zero-order valence-electron chi connectivity index (χ0n) is 27.8. The summed E-state index contributed by atoms with van der Waals surface area (Å²) in [6.45, 7) is 0. The Morgan fingerprint density at radius 1 is 0.373 bits per heavy atom. The number of hydrogen-bond donors (Lipinski definition) is 0. The van der Waals surface area contributed by atoms with E-state index >= 15 is 0 Å². The van der Waals surface area contributed by atoms with E-state index in [9.17, 15) is 0 Å². The Bertz CT molecular complexity index is 2780. The standard InChI is InChI=1S/C49H31NO/c1-2-15-32(16-3-1)34-17-7-12-26-44(34)50(33-29-30-38-37-20-8-13-28-46(37)51-47(38)31-33)45-27-14-25-43-48(45)39-21-6-11-24-42(39)49(43)40-22-9-4-18-35(40)36-19-5-10-23-41(36)49/h1-31H. The summed E-state index contributed by atoms with van der Waals surface area (Å²) in [5.74, 6) is 0. The summed E-state index contributed by atoms with van der Waals surface area (Å²) in [6, 6.07) is 68.4. The molecule has 9 aromatic rings. The number of nitrogens with zero attached hydrogens (tertiary/aromatic N) is 1. The van der Waals surface area contributed by atoms with Gasteiger partial charge in [0.25, 0.3) is 0 Å². The van der Waals surface area contributed by atoms with Crippen molar-refractivity contribution in [3.63, 3.8) is 0 Å². The van der Waals surface area contributed by atoms with Gasteiger partial charge in [-0.2, -0.15) is 0 Å². The van der Waals surface area contributed by atoms with E-state index in [0.29, 0.717) is 0 Å². The Kier molecular flexibility index (Phi) is 5.91. The predicted molar refractivity (Wildman–Crippen MR) is 210 cm³/mol. The second kappa shape index (κ2) is 10.7. The second-order valence-electron chi connectivity index (χ2n) is 13.6. The van der Waals surface area contributed by atoms with E-state index in [0.717, 1.165) is 44.6 Å². The van der Waals surface area contributed by atoms with Gasteiger partial charge in [-0.15, -0.1) is 0 Å². The molecule has 0 saturated heterocycles. The molecule has 0 aliphatic heterocycles. The maximum absolute atomic E-state index is 6.51. The molecule has 1 heterocycles. The van der Waals surface area contributed by atoms with Gasteiger partial charge in [0.05, 0.1) is 16.8 Å². The lowest BCUT2D eigenvalue weighted by atomic mass is 9.70. The molecule has 2 aliphatic rings. The van der Waals surface area contributed by atoms with Crippen molar-refractivity contribution in [1.29, 1.82) is 0 Å². The molecule has 8 aromatic carbocycles. The molecule has 0 radical (unpaired) electrons. The molecular formula is C49H31NO. The largest absolute Gasteiger partial charge is 0.456 e. The van der Waals surface area contributed by atoms with Crippen LogP contribution in [-0.4, -0.2) is 0 Å². The van der Waals surface area contributed by atoms with E-state index in [4.69, 9.17) is 4.42 Å². The van der Waals surface area contributed by atoms with Crippen LogP contribution in [0, 0.1) is 0 Å². The first-order valence-electron chi connectivity index (χ1n) is 17.6. The van der Waals surface area contributed by atoms with Crippen LogP contribution < -0.4 is 4.90 Å². The maximum atomic E-state index is 6.51. The lowest BCUT2D eigenvalue weighted by molar-refractivity contribution is 0.669. The Labute approximate surface area is 296 Å². The molecule has 11 rings (SSSR count). The average Bonchev–Trinajstić information content (AvgIpc) is 3.83. The van der Waals surface area contributed by atoms with Crippen molar-refractivity contribution < 1.29 is 4.42 Å². The molecule has 2 nitrogen and oxygen atoms in total. The van der Waals surface area contributed by atoms with Crippen LogP contribution in [0.4, 0.5) is 17.1 Å². The van der Waals surface area contributed by atoms with E-state index in [1.165, 1.54) is 50.1 Å². The SMILES string of the molecule is c1ccc(-c2ccccc2N(c2ccc3c(c2)oc2ccccc23)c2cccc3c2-c2ccccc2C32c3ccccc3-c3ccccc32)cc1. The highest BCUT2D eigenvalue weighted by Crippen LogP contribution is 2.64. The molecule has 1 spiro atoms. The zero-order valence-corrected chi connectivity index (χ0v) is 27.8. The van der Waals surface area contributed by atoms with Crippen molar-refractivity contribution in [2.75, 3.05) is 4.90 Å². The third kappa shape index (κ3) is 3.82. The summed E-state index contributed by atoms with van der Waals surface area (Å²) in [5, 5.41) is 2.25. The highest BCUT2D eigenvalue weighted by atomic mass is 16.3.